The zero-order chi connectivity index (χ0) is 30.5. The fourth-order valence-corrected chi connectivity index (χ4v) is 6.76. The summed E-state index contributed by atoms with van der Waals surface area (Å²) >= 11 is -0.556. The molecule has 0 saturated heterocycles. The molecule has 1 heterocycles. The summed E-state index contributed by atoms with van der Waals surface area (Å²) in [6, 6.07) is 8.22. The van der Waals surface area contributed by atoms with Crippen LogP contribution < -0.4 is 0 Å². The number of benzene rings is 1. The molecular weight excluding hydrogens is 591 g/mol. The molecule has 0 unspecified atom stereocenters. The van der Waals surface area contributed by atoms with Crippen LogP contribution in [0.25, 0.3) is 5.41 Å². The number of amidine groups is 1. The zero-order valence-corrected chi connectivity index (χ0v) is 31.6. The maximum absolute atomic E-state index is 10.3. The molecule has 1 aromatic rings. The van der Waals surface area contributed by atoms with Crippen molar-refractivity contribution < 1.29 is 17.0 Å². The number of halogens is 2. The number of unbranched alkanes of at least 4 members (excludes halogenated alkanes) is 15. The molecule has 1 aromatic carbocycles. The molecule has 2 aliphatic rings. The third kappa shape index (κ3) is 16.3. The monoisotopic (exact) mass is 656 g/mol. The van der Waals surface area contributed by atoms with E-state index in [0.29, 0.717) is 5.84 Å². The van der Waals surface area contributed by atoms with Crippen LogP contribution >= 0.6 is 18.6 Å². The Balaban J connectivity index is 0.000000998. The van der Waals surface area contributed by atoms with Gasteiger partial charge in [0.2, 0.25) is 0 Å². The normalized spacial score (nSPS) is 22.4. The Labute approximate surface area is 280 Å². The molecule has 3 rings (SSSR count). The van der Waals surface area contributed by atoms with Crippen molar-refractivity contribution in [3.63, 3.8) is 0 Å². The number of fused-ring (bicyclic) bond motifs is 1. The Hall–Kier alpha value is -0.0157. The van der Waals surface area contributed by atoms with E-state index in [0.717, 1.165) is 48.2 Å². The van der Waals surface area contributed by atoms with Crippen LogP contribution in [0.4, 0.5) is 0 Å². The van der Waals surface area contributed by atoms with Crippen molar-refractivity contribution in [2.45, 2.75) is 151 Å². The molecule has 1 aliphatic heterocycles. The summed E-state index contributed by atoms with van der Waals surface area (Å²) in [4.78, 5) is 2.13. The fourth-order valence-electron chi connectivity index (χ4n) is 6.76. The Morgan fingerprint density at radius 1 is 0.643 bits per heavy atom. The van der Waals surface area contributed by atoms with E-state index in [1.54, 1.807) is 0 Å². The van der Waals surface area contributed by atoms with Crippen molar-refractivity contribution >= 4 is 24.4 Å². The molecule has 1 fully saturated rings. The average molecular weight is 658 g/mol. The first-order valence-electron chi connectivity index (χ1n) is 17.1. The van der Waals surface area contributed by atoms with Crippen LogP contribution in [-0.2, 0) is 23.6 Å². The van der Waals surface area contributed by atoms with Crippen LogP contribution in [0.5, 0.6) is 0 Å². The van der Waals surface area contributed by atoms with E-state index < -0.39 is 17.0 Å². The Morgan fingerprint density at radius 2 is 0.976 bits per heavy atom. The van der Waals surface area contributed by atoms with Crippen molar-refractivity contribution in [1.82, 2.24) is 4.90 Å². The molecule has 244 valence electrons. The van der Waals surface area contributed by atoms with Gasteiger partial charge in [-0.1, -0.05) is 174 Å². The topological polar surface area (TPSA) is 25.5 Å². The summed E-state index contributed by atoms with van der Waals surface area (Å²) in [5.41, 5.74) is 2.29. The molecule has 0 atom stereocenters. The summed E-state index contributed by atoms with van der Waals surface area (Å²) in [5.74, 6) is 5.16. The van der Waals surface area contributed by atoms with Gasteiger partial charge in [0.15, 0.2) is 0 Å². The van der Waals surface area contributed by atoms with Crippen molar-refractivity contribution in [2.24, 2.45) is 29.6 Å². The van der Waals surface area contributed by atoms with Gasteiger partial charge in [0, 0.05) is 0 Å². The summed E-state index contributed by atoms with van der Waals surface area (Å²) < 4.78 is 0. The number of hydrogen-bond donors (Lipinski definition) is 0. The van der Waals surface area contributed by atoms with E-state index in [-0.39, 0.29) is 7.43 Å². The van der Waals surface area contributed by atoms with Crippen LogP contribution in [0.1, 0.15) is 155 Å². The Bertz CT molecular complexity index is 744. The van der Waals surface area contributed by atoms with Crippen molar-refractivity contribution in [3.8, 4) is 0 Å². The Kier molecular flexibility index (Phi) is 26.2. The van der Waals surface area contributed by atoms with Gasteiger partial charge in [0.25, 0.3) is 0 Å². The van der Waals surface area contributed by atoms with Gasteiger partial charge in [0.05, 0.1) is 0 Å². The van der Waals surface area contributed by atoms with E-state index in [1.807, 2.05) is 12.1 Å². The second-order valence-electron chi connectivity index (χ2n) is 13.1. The van der Waals surface area contributed by atoms with Crippen LogP contribution in [0, 0.1) is 37.0 Å². The third-order valence-corrected chi connectivity index (χ3v) is 10.3. The van der Waals surface area contributed by atoms with Gasteiger partial charge in [0.1, 0.15) is 0 Å². The van der Waals surface area contributed by atoms with E-state index in [9.17, 15) is 5.41 Å². The maximum atomic E-state index is 10.3. The van der Waals surface area contributed by atoms with E-state index >= 15 is 0 Å². The molecule has 1 aliphatic carbocycles. The first kappa shape index (κ1) is 42.0. The van der Waals surface area contributed by atoms with E-state index in [1.165, 1.54) is 108 Å². The van der Waals surface area contributed by atoms with Crippen molar-refractivity contribution in [3.05, 3.63) is 48.2 Å². The Morgan fingerprint density at radius 3 is 1.33 bits per heavy atom. The van der Waals surface area contributed by atoms with Gasteiger partial charge in [-0.2, -0.15) is 0 Å². The van der Waals surface area contributed by atoms with Gasteiger partial charge in [-0.05, 0) is 53.8 Å². The molecule has 0 N–H and O–H groups in total. The molecule has 0 spiro atoms. The summed E-state index contributed by atoms with van der Waals surface area (Å²) in [6.45, 7) is 16.1. The standard InChI is InChI=1S/C26H43N2.C10H20.CH3.2ClH.Ti/c1-2-3-4-5-6-7-8-9-10-11-12-13-14-15-16-19-22-28-23-24-20-17-18-21-25(24)26(28)27;1-6-7(2)9(4)10(5)8(6)3;;;;/h17-18,20-21H,2-16,19,22-23H2,1H3;6-10H,1-5H3;1H3;2*1H;/q-1;;-1;;;+2/p-2. The molecule has 42 heavy (non-hydrogen) atoms. The minimum atomic E-state index is -0.556. The second-order valence-corrected chi connectivity index (χ2v) is 15.7. The first-order chi connectivity index (χ1) is 19.8. The molecule has 0 amide bonds. The van der Waals surface area contributed by atoms with Gasteiger partial charge in [-0.25, -0.2) is 0 Å². The van der Waals surface area contributed by atoms with Gasteiger partial charge < -0.3 is 17.7 Å². The molecule has 1 saturated carbocycles. The van der Waals surface area contributed by atoms with Crippen LogP contribution in [0.15, 0.2) is 24.3 Å². The quantitative estimate of drug-likeness (QED) is 0.0930. The first-order valence-corrected chi connectivity index (χ1v) is 21.4. The molecule has 0 bridgehead atoms. The average Bonchev–Trinajstić information content (AvgIpc) is 3.38. The predicted molar refractivity (Wildman–Crippen MR) is 188 cm³/mol. The summed E-state index contributed by atoms with van der Waals surface area (Å²) in [6.07, 6.45) is 22.4. The van der Waals surface area contributed by atoms with Crippen LogP contribution in [-0.4, -0.2) is 17.3 Å². The fraction of sp³-hybridized carbons (Fsp3) is 0.784. The second kappa shape index (κ2) is 26.2. The number of hydrogen-bond acceptors (Lipinski definition) is 0. The van der Waals surface area contributed by atoms with E-state index in [4.69, 9.17) is 18.6 Å². The van der Waals surface area contributed by atoms with Crippen LogP contribution in [0.3, 0.4) is 0 Å². The molecule has 2 nitrogen and oxygen atoms in total. The van der Waals surface area contributed by atoms with Gasteiger partial charge >= 0.3 is 35.6 Å². The number of rotatable bonds is 17. The van der Waals surface area contributed by atoms with E-state index in [2.05, 4.69) is 58.6 Å². The summed E-state index contributed by atoms with van der Waals surface area (Å²) in [7, 11) is 9.78. The SMILES string of the molecule is CC1C(C)C(C)C(C)C1C.CCCCCCCCCCCCCCCCCCN1Cc2ccccc2C1=[N-].[CH3-].[Cl][Ti][Cl]. The van der Waals surface area contributed by atoms with Gasteiger partial charge in [-0.15, -0.1) is 0 Å². The van der Waals surface area contributed by atoms with Crippen molar-refractivity contribution in [1.29, 1.82) is 0 Å². The molecule has 0 radical (unpaired) electrons. The van der Waals surface area contributed by atoms with Gasteiger partial charge in [-0.3, -0.25) is 0 Å². The molecular formula is C37H66Cl2N2Ti-2. The third-order valence-electron chi connectivity index (χ3n) is 10.3. The molecule has 5 heteroatoms. The number of nitrogens with zero attached hydrogens (tertiary/aromatic N) is 2. The minimum absolute atomic E-state index is 0. The zero-order valence-electron chi connectivity index (χ0n) is 28.6. The molecule has 0 aromatic heterocycles. The predicted octanol–water partition coefficient (Wildman–Crippen LogP) is 13.1. The van der Waals surface area contributed by atoms with Crippen LogP contribution in [0.2, 0.25) is 0 Å². The van der Waals surface area contributed by atoms with Crippen molar-refractivity contribution in [2.75, 3.05) is 6.54 Å². The summed E-state index contributed by atoms with van der Waals surface area (Å²) in [5, 5.41) is 10.3.